The second-order valence-electron chi connectivity index (χ2n) is 5.37. The number of hydrogen-bond donors (Lipinski definition) is 3. The average molecular weight is 352 g/mol. The molecule has 0 fully saturated rings. The lowest BCUT2D eigenvalue weighted by molar-refractivity contribution is -0.124. The van der Waals surface area contributed by atoms with Crippen LogP contribution in [0.4, 0.5) is 5.69 Å². The smallest absolute Gasteiger partial charge is 0.267 e. The van der Waals surface area contributed by atoms with Crippen molar-refractivity contribution in [2.24, 2.45) is 0 Å². The number of hydrogen-bond acceptors (Lipinski definition) is 5. The van der Waals surface area contributed by atoms with Crippen molar-refractivity contribution >= 4 is 29.7 Å². The molecule has 0 unspecified atom stereocenters. The van der Waals surface area contributed by atoms with Gasteiger partial charge in [0, 0.05) is 17.8 Å². The van der Waals surface area contributed by atoms with E-state index in [1.54, 1.807) is 42.5 Å². The van der Waals surface area contributed by atoms with E-state index in [0.717, 1.165) is 5.56 Å². The Morgan fingerprint density at radius 2 is 1.65 bits per heavy atom. The normalized spacial score (nSPS) is 12.5. The summed E-state index contributed by atoms with van der Waals surface area (Å²) < 4.78 is 10.5. The fraction of sp³-hybridized carbons (Fsp3) is 0.0526. The van der Waals surface area contributed by atoms with Gasteiger partial charge in [0.1, 0.15) is 0 Å². The standard InChI is InChI=1S/C19H16N2O5/c22-18(8-5-14-4-7-16-17(11-14)26-12-25-16)20-15-3-1-2-13(10-15)6-9-19(23)21-24/h1-11,24H,12H2,(H,20,22)(H,21,23). The quantitative estimate of drug-likeness (QED) is 0.437. The van der Waals surface area contributed by atoms with Crippen molar-refractivity contribution < 1.29 is 24.3 Å². The van der Waals surface area contributed by atoms with Gasteiger partial charge in [0.2, 0.25) is 12.7 Å². The minimum Gasteiger partial charge on any atom is -0.454 e. The Bertz CT molecular complexity index is 889. The van der Waals surface area contributed by atoms with Crippen LogP contribution in [0.5, 0.6) is 11.5 Å². The van der Waals surface area contributed by atoms with Crippen molar-refractivity contribution in [3.8, 4) is 11.5 Å². The molecule has 132 valence electrons. The van der Waals surface area contributed by atoms with Crippen LogP contribution in [0.3, 0.4) is 0 Å². The average Bonchev–Trinajstić information content (AvgIpc) is 3.12. The Morgan fingerprint density at radius 1 is 0.923 bits per heavy atom. The lowest BCUT2D eigenvalue weighted by atomic mass is 10.1. The molecule has 3 rings (SSSR count). The van der Waals surface area contributed by atoms with Gasteiger partial charge in [-0.05, 0) is 47.5 Å². The summed E-state index contributed by atoms with van der Waals surface area (Å²) >= 11 is 0. The second-order valence-corrected chi connectivity index (χ2v) is 5.37. The number of fused-ring (bicyclic) bond motifs is 1. The molecule has 0 aliphatic carbocycles. The van der Waals surface area contributed by atoms with E-state index < -0.39 is 5.91 Å². The Kier molecular flexibility index (Phi) is 5.31. The zero-order valence-electron chi connectivity index (χ0n) is 13.6. The van der Waals surface area contributed by atoms with Gasteiger partial charge >= 0.3 is 0 Å². The summed E-state index contributed by atoms with van der Waals surface area (Å²) in [6.45, 7) is 0.202. The molecule has 7 heteroatoms. The summed E-state index contributed by atoms with van der Waals surface area (Å²) in [6, 6.07) is 12.4. The van der Waals surface area contributed by atoms with Gasteiger partial charge in [-0.15, -0.1) is 0 Å². The molecule has 0 saturated carbocycles. The van der Waals surface area contributed by atoms with E-state index in [2.05, 4.69) is 5.32 Å². The molecule has 2 aromatic rings. The summed E-state index contributed by atoms with van der Waals surface area (Å²) in [5.74, 6) is 0.410. The maximum absolute atomic E-state index is 12.1. The lowest BCUT2D eigenvalue weighted by Gasteiger charge is -2.03. The molecule has 0 spiro atoms. The van der Waals surface area contributed by atoms with Crippen molar-refractivity contribution in [1.29, 1.82) is 0 Å². The van der Waals surface area contributed by atoms with E-state index in [4.69, 9.17) is 14.7 Å². The van der Waals surface area contributed by atoms with Crippen LogP contribution in [0.1, 0.15) is 11.1 Å². The molecule has 0 aromatic heterocycles. The van der Waals surface area contributed by atoms with E-state index in [-0.39, 0.29) is 12.7 Å². The van der Waals surface area contributed by atoms with Gasteiger partial charge in [0.25, 0.3) is 5.91 Å². The topological polar surface area (TPSA) is 96.9 Å². The van der Waals surface area contributed by atoms with Crippen LogP contribution in [-0.2, 0) is 9.59 Å². The highest BCUT2D eigenvalue weighted by Crippen LogP contribution is 2.32. The predicted octanol–water partition coefficient (Wildman–Crippen LogP) is 2.59. The predicted molar refractivity (Wildman–Crippen MR) is 95.6 cm³/mol. The highest BCUT2D eigenvalue weighted by atomic mass is 16.7. The summed E-state index contributed by atoms with van der Waals surface area (Å²) in [4.78, 5) is 23.1. The van der Waals surface area contributed by atoms with Crippen molar-refractivity contribution in [3.05, 3.63) is 65.7 Å². The zero-order chi connectivity index (χ0) is 18.4. The molecule has 7 nitrogen and oxygen atoms in total. The van der Waals surface area contributed by atoms with E-state index in [1.165, 1.54) is 23.7 Å². The second kappa shape index (κ2) is 8.00. The Morgan fingerprint density at radius 3 is 2.46 bits per heavy atom. The molecular weight excluding hydrogens is 336 g/mol. The van der Waals surface area contributed by atoms with Crippen molar-refractivity contribution in [1.82, 2.24) is 5.48 Å². The van der Waals surface area contributed by atoms with Gasteiger partial charge in [-0.2, -0.15) is 0 Å². The number of rotatable bonds is 5. The van der Waals surface area contributed by atoms with Crippen molar-refractivity contribution in [2.75, 3.05) is 12.1 Å². The van der Waals surface area contributed by atoms with Crippen molar-refractivity contribution in [2.45, 2.75) is 0 Å². The number of ether oxygens (including phenoxy) is 2. The number of carbonyl (C=O) groups is 2. The number of hydroxylamine groups is 1. The third-order valence-corrected chi connectivity index (χ3v) is 3.52. The summed E-state index contributed by atoms with van der Waals surface area (Å²) in [7, 11) is 0. The highest BCUT2D eigenvalue weighted by molar-refractivity contribution is 6.02. The Labute approximate surface area is 149 Å². The molecule has 0 saturated heterocycles. The number of carbonyl (C=O) groups excluding carboxylic acids is 2. The molecule has 0 radical (unpaired) electrons. The highest BCUT2D eigenvalue weighted by Gasteiger charge is 2.12. The monoisotopic (exact) mass is 352 g/mol. The van der Waals surface area contributed by atoms with E-state index in [1.807, 2.05) is 6.07 Å². The van der Waals surface area contributed by atoms with Gasteiger partial charge in [0.15, 0.2) is 11.5 Å². The molecule has 0 bridgehead atoms. The van der Waals surface area contributed by atoms with Crippen LogP contribution in [0, 0.1) is 0 Å². The number of nitrogens with one attached hydrogen (secondary N) is 2. The van der Waals surface area contributed by atoms with E-state index >= 15 is 0 Å². The SMILES string of the molecule is O=C(C=Cc1cccc(NC(=O)C=Cc2ccc3c(c2)OCO3)c1)NO. The van der Waals surface area contributed by atoms with Gasteiger partial charge in [-0.25, -0.2) is 5.48 Å². The molecule has 3 N–H and O–H groups in total. The number of amides is 2. The molecule has 2 aromatic carbocycles. The maximum atomic E-state index is 12.1. The number of benzene rings is 2. The van der Waals surface area contributed by atoms with Gasteiger partial charge in [-0.3, -0.25) is 14.8 Å². The minimum atomic E-state index is -0.633. The summed E-state index contributed by atoms with van der Waals surface area (Å²) in [5.41, 5.74) is 3.60. The van der Waals surface area contributed by atoms with Gasteiger partial charge < -0.3 is 14.8 Å². The van der Waals surface area contributed by atoms with Crippen LogP contribution in [0.15, 0.2) is 54.6 Å². The molecular formula is C19H16N2O5. The summed E-state index contributed by atoms with van der Waals surface area (Å²) in [5, 5.41) is 11.2. The van der Waals surface area contributed by atoms with Crippen LogP contribution >= 0.6 is 0 Å². The summed E-state index contributed by atoms with van der Waals surface area (Å²) in [6.07, 6.45) is 5.79. The van der Waals surface area contributed by atoms with Gasteiger partial charge in [0.05, 0.1) is 0 Å². The van der Waals surface area contributed by atoms with Crippen LogP contribution in [-0.4, -0.2) is 23.8 Å². The maximum Gasteiger partial charge on any atom is 0.267 e. The van der Waals surface area contributed by atoms with Crippen molar-refractivity contribution in [3.63, 3.8) is 0 Å². The first-order valence-corrected chi connectivity index (χ1v) is 7.75. The third-order valence-electron chi connectivity index (χ3n) is 3.52. The Balaban J connectivity index is 1.63. The molecule has 2 amide bonds. The molecule has 1 aliphatic rings. The minimum absolute atomic E-state index is 0.202. The lowest BCUT2D eigenvalue weighted by Crippen LogP contribution is -2.14. The fourth-order valence-corrected chi connectivity index (χ4v) is 2.30. The fourth-order valence-electron chi connectivity index (χ4n) is 2.30. The first kappa shape index (κ1) is 17.2. The Hall–Kier alpha value is -3.58. The van der Waals surface area contributed by atoms with Crippen LogP contribution in [0.2, 0.25) is 0 Å². The first-order valence-electron chi connectivity index (χ1n) is 7.75. The molecule has 26 heavy (non-hydrogen) atoms. The number of anilines is 1. The van der Waals surface area contributed by atoms with Crippen LogP contribution in [0.25, 0.3) is 12.2 Å². The zero-order valence-corrected chi connectivity index (χ0v) is 13.6. The largest absolute Gasteiger partial charge is 0.454 e. The van der Waals surface area contributed by atoms with Crippen LogP contribution < -0.4 is 20.3 Å². The first-order chi connectivity index (χ1) is 12.6. The molecule has 0 atom stereocenters. The molecule has 1 heterocycles. The van der Waals surface area contributed by atoms with Gasteiger partial charge in [-0.1, -0.05) is 18.2 Å². The third kappa shape index (κ3) is 4.49. The molecule has 1 aliphatic heterocycles. The van der Waals surface area contributed by atoms with E-state index in [0.29, 0.717) is 22.7 Å². The van der Waals surface area contributed by atoms with E-state index in [9.17, 15) is 9.59 Å².